The van der Waals surface area contributed by atoms with Gasteiger partial charge in [0.1, 0.15) is 12.1 Å². The highest BCUT2D eigenvalue weighted by Crippen LogP contribution is 2.26. The van der Waals surface area contributed by atoms with Gasteiger partial charge in [0.25, 0.3) is 0 Å². The molecule has 2 aromatic rings. The fourth-order valence-corrected chi connectivity index (χ4v) is 2.93. The van der Waals surface area contributed by atoms with Crippen molar-refractivity contribution >= 4 is 5.82 Å². The fourth-order valence-electron chi connectivity index (χ4n) is 2.93. The molecule has 3 rings (SSSR count). The Morgan fingerprint density at radius 2 is 2.19 bits per heavy atom. The molecule has 0 atom stereocenters. The molecule has 0 radical (unpaired) electrons. The normalized spacial score (nSPS) is 14.5. The maximum absolute atomic E-state index is 4.60. The summed E-state index contributed by atoms with van der Waals surface area (Å²) in [5.41, 5.74) is 2.39. The molecule has 0 aliphatic carbocycles. The second kappa shape index (κ2) is 5.85. The third-order valence-corrected chi connectivity index (χ3v) is 3.98. The molecular weight excluding hydrogens is 266 g/mol. The van der Waals surface area contributed by atoms with Gasteiger partial charge >= 0.3 is 0 Å². The van der Waals surface area contributed by atoms with E-state index in [1.54, 1.807) is 0 Å². The van der Waals surface area contributed by atoms with Crippen LogP contribution in [0.3, 0.4) is 0 Å². The van der Waals surface area contributed by atoms with E-state index in [1.165, 1.54) is 11.4 Å². The topological polar surface area (TPSA) is 63.8 Å². The van der Waals surface area contributed by atoms with Gasteiger partial charge in [0.15, 0.2) is 5.82 Å². The Kier molecular flexibility index (Phi) is 3.92. The van der Waals surface area contributed by atoms with Crippen molar-refractivity contribution in [2.24, 2.45) is 7.05 Å². The zero-order chi connectivity index (χ0) is 14.8. The second-order valence-electron chi connectivity index (χ2n) is 5.55. The molecular formula is C14H23N7. The number of fused-ring (bicyclic) bond motifs is 1. The Labute approximate surface area is 125 Å². The molecule has 1 aliphatic rings. The van der Waals surface area contributed by atoms with Crippen molar-refractivity contribution in [2.75, 3.05) is 18.0 Å². The summed E-state index contributed by atoms with van der Waals surface area (Å²) < 4.78 is 4.11. The van der Waals surface area contributed by atoms with Crippen molar-refractivity contribution in [3.05, 3.63) is 23.4 Å². The molecule has 114 valence electrons. The minimum absolute atomic E-state index is 0.791. The number of hydrogen-bond acceptors (Lipinski definition) is 5. The highest BCUT2D eigenvalue weighted by atomic mass is 15.4. The molecule has 2 aromatic heterocycles. The summed E-state index contributed by atoms with van der Waals surface area (Å²) in [5, 5.41) is 16.3. The first kappa shape index (κ1) is 14.1. The SMILES string of the molecule is CCCNCc1c(C)nn(C)c1N1CCn2cnnc2C1. The molecule has 0 aromatic carbocycles. The molecule has 0 unspecified atom stereocenters. The van der Waals surface area contributed by atoms with E-state index < -0.39 is 0 Å². The molecule has 0 amide bonds. The van der Waals surface area contributed by atoms with Crippen LogP contribution in [0.1, 0.15) is 30.4 Å². The van der Waals surface area contributed by atoms with E-state index in [4.69, 9.17) is 0 Å². The number of hydrogen-bond donors (Lipinski definition) is 1. The number of nitrogens with one attached hydrogen (secondary N) is 1. The van der Waals surface area contributed by atoms with Gasteiger partial charge in [-0.2, -0.15) is 5.10 Å². The largest absolute Gasteiger partial charge is 0.347 e. The summed E-state index contributed by atoms with van der Waals surface area (Å²) in [5.74, 6) is 2.22. The summed E-state index contributed by atoms with van der Waals surface area (Å²) in [6, 6.07) is 0. The van der Waals surface area contributed by atoms with Crippen LogP contribution in [0, 0.1) is 6.92 Å². The lowest BCUT2D eigenvalue weighted by molar-refractivity contribution is 0.543. The average molecular weight is 289 g/mol. The number of nitrogens with zero attached hydrogens (tertiary/aromatic N) is 6. The Bertz CT molecular complexity index is 613. The van der Waals surface area contributed by atoms with Crippen molar-refractivity contribution in [1.29, 1.82) is 0 Å². The minimum atomic E-state index is 0.791. The van der Waals surface area contributed by atoms with Gasteiger partial charge in [-0.15, -0.1) is 10.2 Å². The Balaban J connectivity index is 1.84. The molecule has 3 heterocycles. The van der Waals surface area contributed by atoms with Crippen LogP contribution >= 0.6 is 0 Å². The van der Waals surface area contributed by atoms with Gasteiger partial charge in [-0.05, 0) is 19.9 Å². The summed E-state index contributed by atoms with van der Waals surface area (Å²) in [7, 11) is 2.02. The molecule has 7 heteroatoms. The van der Waals surface area contributed by atoms with Crippen LogP contribution in [0.2, 0.25) is 0 Å². The van der Waals surface area contributed by atoms with Gasteiger partial charge in [0.05, 0.1) is 12.2 Å². The predicted molar refractivity (Wildman–Crippen MR) is 81.0 cm³/mol. The molecule has 1 N–H and O–H groups in total. The smallest absolute Gasteiger partial charge is 0.152 e. The first-order valence-electron chi connectivity index (χ1n) is 7.55. The van der Waals surface area contributed by atoms with E-state index >= 15 is 0 Å². The van der Waals surface area contributed by atoms with E-state index in [0.717, 1.165) is 50.7 Å². The lowest BCUT2D eigenvalue weighted by Gasteiger charge is -2.29. The molecule has 21 heavy (non-hydrogen) atoms. The molecule has 0 fully saturated rings. The summed E-state index contributed by atoms with van der Waals surface area (Å²) in [6.45, 7) is 8.84. The Hall–Kier alpha value is -1.89. The second-order valence-corrected chi connectivity index (χ2v) is 5.55. The van der Waals surface area contributed by atoms with Gasteiger partial charge in [0, 0.05) is 32.2 Å². The van der Waals surface area contributed by atoms with Crippen LogP contribution in [0.4, 0.5) is 5.82 Å². The fraction of sp³-hybridized carbons (Fsp3) is 0.643. The van der Waals surface area contributed by atoms with Gasteiger partial charge in [0.2, 0.25) is 0 Å². The van der Waals surface area contributed by atoms with Crippen LogP contribution in [-0.2, 0) is 26.7 Å². The van der Waals surface area contributed by atoms with Crippen molar-refractivity contribution in [1.82, 2.24) is 29.9 Å². The van der Waals surface area contributed by atoms with Gasteiger partial charge in [-0.1, -0.05) is 6.92 Å². The van der Waals surface area contributed by atoms with Crippen molar-refractivity contribution in [3.8, 4) is 0 Å². The third-order valence-electron chi connectivity index (χ3n) is 3.98. The minimum Gasteiger partial charge on any atom is -0.347 e. The first-order valence-corrected chi connectivity index (χ1v) is 7.55. The van der Waals surface area contributed by atoms with Crippen LogP contribution in [-0.4, -0.2) is 37.6 Å². The van der Waals surface area contributed by atoms with Gasteiger partial charge in [-0.3, -0.25) is 4.68 Å². The van der Waals surface area contributed by atoms with Crippen LogP contribution in [0.25, 0.3) is 0 Å². The third kappa shape index (κ3) is 2.65. The van der Waals surface area contributed by atoms with E-state index in [2.05, 4.69) is 43.9 Å². The lowest BCUT2D eigenvalue weighted by Crippen LogP contribution is -2.35. The predicted octanol–water partition coefficient (Wildman–Crippen LogP) is 0.840. The van der Waals surface area contributed by atoms with Crippen molar-refractivity contribution in [2.45, 2.75) is 39.9 Å². The zero-order valence-corrected chi connectivity index (χ0v) is 13.0. The van der Waals surface area contributed by atoms with Crippen LogP contribution in [0.5, 0.6) is 0 Å². The van der Waals surface area contributed by atoms with E-state index in [-0.39, 0.29) is 0 Å². The van der Waals surface area contributed by atoms with Crippen LogP contribution in [0.15, 0.2) is 6.33 Å². The number of aryl methyl sites for hydroxylation is 2. The van der Waals surface area contributed by atoms with E-state index in [1.807, 2.05) is 18.1 Å². The van der Waals surface area contributed by atoms with E-state index in [9.17, 15) is 0 Å². The number of rotatable bonds is 5. The monoisotopic (exact) mass is 289 g/mol. The summed E-state index contributed by atoms with van der Waals surface area (Å²) >= 11 is 0. The standard InChI is InChI=1S/C14H23N7/c1-4-5-15-8-12-11(2)18-19(3)14(12)20-6-7-21-10-16-17-13(21)9-20/h10,15H,4-9H2,1-3H3. The quantitative estimate of drug-likeness (QED) is 0.826. The Morgan fingerprint density at radius 1 is 1.33 bits per heavy atom. The van der Waals surface area contributed by atoms with Gasteiger partial charge < -0.3 is 14.8 Å². The van der Waals surface area contributed by atoms with E-state index in [0.29, 0.717) is 0 Å². The molecule has 0 bridgehead atoms. The molecule has 7 nitrogen and oxygen atoms in total. The van der Waals surface area contributed by atoms with Crippen LogP contribution < -0.4 is 10.2 Å². The van der Waals surface area contributed by atoms with Crippen molar-refractivity contribution in [3.63, 3.8) is 0 Å². The molecule has 1 aliphatic heterocycles. The summed E-state index contributed by atoms with van der Waals surface area (Å²) in [6.07, 6.45) is 2.95. The molecule has 0 spiro atoms. The van der Waals surface area contributed by atoms with Gasteiger partial charge in [-0.25, -0.2) is 0 Å². The number of aromatic nitrogens is 5. The first-order chi connectivity index (χ1) is 10.2. The summed E-state index contributed by atoms with van der Waals surface area (Å²) in [4.78, 5) is 2.35. The highest BCUT2D eigenvalue weighted by molar-refractivity contribution is 5.50. The number of anilines is 1. The zero-order valence-electron chi connectivity index (χ0n) is 13.0. The average Bonchev–Trinajstić information content (AvgIpc) is 3.03. The van der Waals surface area contributed by atoms with Crippen molar-refractivity contribution < 1.29 is 0 Å². The Morgan fingerprint density at radius 3 is 3.00 bits per heavy atom. The maximum atomic E-state index is 4.60. The molecule has 0 saturated carbocycles. The highest BCUT2D eigenvalue weighted by Gasteiger charge is 2.24. The maximum Gasteiger partial charge on any atom is 0.152 e. The molecule has 0 saturated heterocycles. The lowest BCUT2D eigenvalue weighted by atomic mass is 10.2.